The molecule has 1 aliphatic rings. The summed E-state index contributed by atoms with van der Waals surface area (Å²) in [6, 6.07) is 10.6. The molecular formula is C20H23N3O4. The largest absolute Gasteiger partial charge is 0.477 e. The van der Waals surface area contributed by atoms with Gasteiger partial charge < -0.3 is 19.7 Å². The van der Waals surface area contributed by atoms with E-state index in [1.165, 1.54) is 0 Å². The molecule has 0 atom stereocenters. The van der Waals surface area contributed by atoms with Gasteiger partial charge in [0.05, 0.1) is 26.2 Å². The van der Waals surface area contributed by atoms with E-state index in [0.29, 0.717) is 56.5 Å². The Morgan fingerprint density at radius 2 is 1.93 bits per heavy atom. The lowest BCUT2D eigenvalue weighted by Gasteiger charge is -2.26. The summed E-state index contributed by atoms with van der Waals surface area (Å²) < 4.78 is 10.7. The summed E-state index contributed by atoms with van der Waals surface area (Å²) in [6.07, 6.45) is 1.92. The minimum atomic E-state index is -0.288. The molecule has 27 heavy (non-hydrogen) atoms. The van der Waals surface area contributed by atoms with Crippen LogP contribution in [0, 0.1) is 0 Å². The first kappa shape index (κ1) is 18.8. The van der Waals surface area contributed by atoms with E-state index >= 15 is 0 Å². The lowest BCUT2D eigenvalue weighted by Crippen LogP contribution is -2.41. The minimum Gasteiger partial charge on any atom is -0.477 e. The van der Waals surface area contributed by atoms with Crippen LogP contribution in [0.15, 0.2) is 42.6 Å². The molecule has 3 rings (SSSR count). The number of carbonyl (C=O) groups is 2. The Hall–Kier alpha value is -2.93. The number of pyridine rings is 1. The molecule has 0 saturated carbocycles. The Kier molecular flexibility index (Phi) is 6.38. The second-order valence-electron chi connectivity index (χ2n) is 6.11. The van der Waals surface area contributed by atoms with Gasteiger partial charge in [-0.05, 0) is 36.8 Å². The molecule has 7 heteroatoms. The van der Waals surface area contributed by atoms with Gasteiger partial charge in [-0.15, -0.1) is 0 Å². The third-order valence-corrected chi connectivity index (χ3v) is 4.23. The van der Waals surface area contributed by atoms with Gasteiger partial charge in [-0.25, -0.2) is 4.98 Å². The predicted octanol–water partition coefficient (Wildman–Crippen LogP) is 2.13. The second-order valence-corrected chi connectivity index (χ2v) is 6.11. The number of nitrogens with zero attached hydrogens (tertiary/aromatic N) is 2. The summed E-state index contributed by atoms with van der Waals surface area (Å²) in [7, 11) is 0. The van der Waals surface area contributed by atoms with Crippen molar-refractivity contribution in [2.24, 2.45) is 0 Å². The molecule has 1 aromatic heterocycles. The van der Waals surface area contributed by atoms with Crippen LogP contribution in [-0.4, -0.2) is 54.6 Å². The molecule has 1 aliphatic heterocycles. The Morgan fingerprint density at radius 3 is 2.63 bits per heavy atom. The zero-order chi connectivity index (χ0) is 19.1. The Bertz CT molecular complexity index is 786. The molecule has 2 amide bonds. The monoisotopic (exact) mass is 369 g/mol. The number of aromatic nitrogens is 1. The molecule has 0 aliphatic carbocycles. The summed E-state index contributed by atoms with van der Waals surface area (Å²) >= 11 is 0. The van der Waals surface area contributed by atoms with Crippen LogP contribution in [0.2, 0.25) is 0 Å². The maximum Gasteiger partial charge on any atom is 0.261 e. The molecule has 2 aromatic rings. The van der Waals surface area contributed by atoms with Gasteiger partial charge >= 0.3 is 0 Å². The van der Waals surface area contributed by atoms with Crippen molar-refractivity contribution in [2.75, 3.05) is 38.2 Å². The third-order valence-electron chi connectivity index (χ3n) is 4.23. The highest BCUT2D eigenvalue weighted by Crippen LogP contribution is 2.18. The first-order valence-electron chi connectivity index (χ1n) is 9.01. The standard InChI is InChI=1S/C20H23N3O4/c1-2-27-20-17(4-3-9-21-20)19(25)22-16-7-5-15(6-8-16)14-18(24)23-10-12-26-13-11-23/h3-9H,2,10-14H2,1H3,(H,22,25). The van der Waals surface area contributed by atoms with Gasteiger partial charge in [0.2, 0.25) is 11.8 Å². The number of nitrogens with one attached hydrogen (secondary N) is 1. The normalized spacial score (nSPS) is 13.9. The van der Waals surface area contributed by atoms with Crippen molar-refractivity contribution < 1.29 is 19.1 Å². The number of morpholine rings is 1. The number of ether oxygens (including phenoxy) is 2. The van der Waals surface area contributed by atoms with Crippen LogP contribution in [0.4, 0.5) is 5.69 Å². The van der Waals surface area contributed by atoms with Crippen molar-refractivity contribution in [1.82, 2.24) is 9.88 Å². The van der Waals surface area contributed by atoms with E-state index < -0.39 is 0 Å². The van der Waals surface area contributed by atoms with Gasteiger partial charge in [-0.2, -0.15) is 0 Å². The molecule has 1 fully saturated rings. The van der Waals surface area contributed by atoms with E-state index in [9.17, 15) is 9.59 Å². The molecule has 0 spiro atoms. The molecule has 0 bridgehead atoms. The van der Waals surface area contributed by atoms with Gasteiger partial charge in [-0.1, -0.05) is 12.1 Å². The van der Waals surface area contributed by atoms with E-state index in [-0.39, 0.29) is 11.8 Å². The van der Waals surface area contributed by atoms with Gasteiger partial charge in [0.1, 0.15) is 5.56 Å². The first-order valence-corrected chi connectivity index (χ1v) is 9.01. The fourth-order valence-corrected chi connectivity index (χ4v) is 2.82. The van der Waals surface area contributed by atoms with Crippen molar-refractivity contribution in [2.45, 2.75) is 13.3 Å². The Morgan fingerprint density at radius 1 is 1.19 bits per heavy atom. The Labute approximate surface area is 158 Å². The molecule has 142 valence electrons. The first-order chi connectivity index (χ1) is 13.2. The van der Waals surface area contributed by atoms with Crippen LogP contribution in [0.5, 0.6) is 5.88 Å². The predicted molar refractivity (Wildman–Crippen MR) is 101 cm³/mol. The Balaban J connectivity index is 1.60. The zero-order valence-corrected chi connectivity index (χ0v) is 15.3. The van der Waals surface area contributed by atoms with Gasteiger partial charge in [0.15, 0.2) is 0 Å². The number of hydrogen-bond acceptors (Lipinski definition) is 5. The van der Waals surface area contributed by atoms with Crippen molar-refractivity contribution in [3.8, 4) is 5.88 Å². The summed E-state index contributed by atoms with van der Waals surface area (Å²) in [5.74, 6) is 0.112. The number of carbonyl (C=O) groups excluding carboxylic acids is 2. The fraction of sp³-hybridized carbons (Fsp3) is 0.350. The average molecular weight is 369 g/mol. The number of amides is 2. The quantitative estimate of drug-likeness (QED) is 0.844. The van der Waals surface area contributed by atoms with Crippen molar-refractivity contribution in [1.29, 1.82) is 0 Å². The topological polar surface area (TPSA) is 80.8 Å². The van der Waals surface area contributed by atoms with E-state index in [1.807, 2.05) is 24.0 Å². The van der Waals surface area contributed by atoms with Crippen molar-refractivity contribution in [3.63, 3.8) is 0 Å². The van der Waals surface area contributed by atoms with Crippen LogP contribution < -0.4 is 10.1 Å². The van der Waals surface area contributed by atoms with Gasteiger partial charge in [0.25, 0.3) is 5.91 Å². The SMILES string of the molecule is CCOc1ncccc1C(=O)Nc1ccc(CC(=O)N2CCOCC2)cc1. The van der Waals surface area contributed by atoms with E-state index in [1.54, 1.807) is 30.5 Å². The highest BCUT2D eigenvalue weighted by atomic mass is 16.5. The van der Waals surface area contributed by atoms with Crippen LogP contribution >= 0.6 is 0 Å². The fourth-order valence-electron chi connectivity index (χ4n) is 2.82. The van der Waals surface area contributed by atoms with Crippen LogP contribution in [-0.2, 0) is 16.0 Å². The molecular weight excluding hydrogens is 346 g/mol. The van der Waals surface area contributed by atoms with Crippen LogP contribution in [0.25, 0.3) is 0 Å². The smallest absolute Gasteiger partial charge is 0.261 e. The minimum absolute atomic E-state index is 0.0896. The summed E-state index contributed by atoms with van der Waals surface area (Å²) in [6.45, 7) is 4.74. The van der Waals surface area contributed by atoms with E-state index in [0.717, 1.165) is 5.56 Å². The number of benzene rings is 1. The van der Waals surface area contributed by atoms with Gasteiger partial charge in [0, 0.05) is 25.0 Å². The van der Waals surface area contributed by atoms with E-state index in [2.05, 4.69) is 10.3 Å². The number of hydrogen-bond donors (Lipinski definition) is 1. The lowest BCUT2D eigenvalue weighted by molar-refractivity contribution is -0.134. The molecule has 2 heterocycles. The lowest BCUT2D eigenvalue weighted by atomic mass is 10.1. The van der Waals surface area contributed by atoms with Crippen LogP contribution in [0.3, 0.4) is 0 Å². The number of anilines is 1. The summed E-state index contributed by atoms with van der Waals surface area (Å²) in [5.41, 5.74) is 1.93. The summed E-state index contributed by atoms with van der Waals surface area (Å²) in [5, 5.41) is 2.83. The van der Waals surface area contributed by atoms with Crippen molar-refractivity contribution >= 4 is 17.5 Å². The second kappa shape index (κ2) is 9.14. The van der Waals surface area contributed by atoms with Gasteiger partial charge in [-0.3, -0.25) is 9.59 Å². The summed E-state index contributed by atoms with van der Waals surface area (Å²) in [4.78, 5) is 30.7. The average Bonchev–Trinajstić information content (AvgIpc) is 2.71. The maximum atomic E-state index is 12.5. The molecule has 7 nitrogen and oxygen atoms in total. The molecule has 1 N–H and O–H groups in total. The highest BCUT2D eigenvalue weighted by Gasteiger charge is 2.17. The number of rotatable bonds is 6. The molecule has 1 saturated heterocycles. The third kappa shape index (κ3) is 5.04. The molecule has 0 radical (unpaired) electrons. The van der Waals surface area contributed by atoms with Crippen LogP contribution in [0.1, 0.15) is 22.8 Å². The molecule has 0 unspecified atom stereocenters. The highest BCUT2D eigenvalue weighted by molar-refractivity contribution is 6.05. The zero-order valence-electron chi connectivity index (χ0n) is 15.3. The maximum absolute atomic E-state index is 12.5. The van der Waals surface area contributed by atoms with Crippen molar-refractivity contribution in [3.05, 3.63) is 53.7 Å². The molecule has 1 aromatic carbocycles. The van der Waals surface area contributed by atoms with E-state index in [4.69, 9.17) is 9.47 Å².